The molecular formula is C8H10O2. The van der Waals surface area contributed by atoms with Crippen molar-refractivity contribution in [3.8, 4) is 0 Å². The Bertz CT molecular complexity index is 201. The van der Waals surface area contributed by atoms with Gasteiger partial charge in [-0.2, -0.15) is 0 Å². The average Bonchev–Trinajstić information content (AvgIpc) is 2.82. The molecule has 0 radical (unpaired) electrons. The number of fused-ring (bicyclic) bond motifs is 3. The summed E-state index contributed by atoms with van der Waals surface area (Å²) in [5, 5.41) is 0. The van der Waals surface area contributed by atoms with Crippen molar-refractivity contribution in [1.82, 2.24) is 0 Å². The van der Waals surface area contributed by atoms with Crippen LogP contribution in [0.25, 0.3) is 0 Å². The van der Waals surface area contributed by atoms with Gasteiger partial charge in [0.2, 0.25) is 0 Å². The molecule has 0 aromatic rings. The molecule has 0 spiro atoms. The molecule has 2 heterocycles. The summed E-state index contributed by atoms with van der Waals surface area (Å²) in [5.41, 5.74) is 0.0394. The minimum Gasteiger partial charge on any atom is -0.367 e. The summed E-state index contributed by atoms with van der Waals surface area (Å²) >= 11 is 0. The fourth-order valence-electron chi connectivity index (χ4n) is 2.04. The zero-order chi connectivity index (χ0) is 6.77. The fraction of sp³-hybridized carbons (Fsp3) is 0.750. The molecule has 54 valence electrons. The van der Waals surface area contributed by atoms with Gasteiger partial charge < -0.3 is 9.47 Å². The molecule has 0 aromatic carbocycles. The first-order valence-electron chi connectivity index (χ1n) is 3.83. The van der Waals surface area contributed by atoms with Gasteiger partial charge in [-0.25, -0.2) is 0 Å². The minimum atomic E-state index is 0.0394. The van der Waals surface area contributed by atoms with Crippen LogP contribution in [0, 0.1) is 0 Å². The zero-order valence-electron chi connectivity index (χ0n) is 5.75. The quantitative estimate of drug-likeness (QED) is 0.397. The molecule has 3 rings (SSSR count). The van der Waals surface area contributed by atoms with E-state index in [-0.39, 0.29) is 5.60 Å². The number of rotatable bonds is 1. The highest BCUT2D eigenvalue weighted by molar-refractivity contribution is 5.24. The lowest BCUT2D eigenvalue weighted by molar-refractivity contribution is 0.271. The maximum absolute atomic E-state index is 5.53. The van der Waals surface area contributed by atoms with Gasteiger partial charge in [0.15, 0.2) is 0 Å². The van der Waals surface area contributed by atoms with Crippen molar-refractivity contribution < 1.29 is 9.47 Å². The fourth-order valence-corrected chi connectivity index (χ4v) is 2.04. The van der Waals surface area contributed by atoms with Crippen LogP contribution in [0.4, 0.5) is 0 Å². The van der Waals surface area contributed by atoms with Crippen molar-refractivity contribution >= 4 is 0 Å². The monoisotopic (exact) mass is 138 g/mol. The topological polar surface area (TPSA) is 25.1 Å². The van der Waals surface area contributed by atoms with Crippen LogP contribution in [0.3, 0.4) is 0 Å². The summed E-state index contributed by atoms with van der Waals surface area (Å²) in [6.07, 6.45) is 5.53. The van der Waals surface area contributed by atoms with Gasteiger partial charge in [0.1, 0.15) is 17.8 Å². The summed E-state index contributed by atoms with van der Waals surface area (Å²) in [6, 6.07) is 0. The summed E-state index contributed by atoms with van der Waals surface area (Å²) in [5.74, 6) is 0. The molecule has 3 fully saturated rings. The summed E-state index contributed by atoms with van der Waals surface area (Å²) in [4.78, 5) is 0. The molecule has 3 aliphatic rings. The predicted molar refractivity (Wildman–Crippen MR) is 35.7 cm³/mol. The van der Waals surface area contributed by atoms with E-state index in [0.29, 0.717) is 18.3 Å². The van der Waals surface area contributed by atoms with Gasteiger partial charge >= 0.3 is 0 Å². The average molecular weight is 138 g/mol. The van der Waals surface area contributed by atoms with Gasteiger partial charge in [0.05, 0.1) is 6.10 Å². The molecule has 0 N–H and O–H groups in total. The van der Waals surface area contributed by atoms with E-state index in [1.54, 1.807) is 0 Å². The first-order chi connectivity index (χ1) is 4.86. The Kier molecular flexibility index (Phi) is 0.701. The van der Waals surface area contributed by atoms with Gasteiger partial charge in [0.25, 0.3) is 0 Å². The van der Waals surface area contributed by atoms with Gasteiger partial charge in [-0.1, -0.05) is 6.08 Å². The molecule has 10 heavy (non-hydrogen) atoms. The Labute approximate surface area is 59.8 Å². The normalized spacial score (nSPS) is 62.2. The Morgan fingerprint density at radius 2 is 2.50 bits per heavy atom. The van der Waals surface area contributed by atoms with Crippen LogP contribution in [0.2, 0.25) is 0 Å². The van der Waals surface area contributed by atoms with E-state index < -0.39 is 0 Å². The van der Waals surface area contributed by atoms with Gasteiger partial charge in [-0.3, -0.25) is 0 Å². The third-order valence-electron chi connectivity index (χ3n) is 2.86. The highest BCUT2D eigenvalue weighted by Crippen LogP contribution is 2.55. The van der Waals surface area contributed by atoms with Crippen LogP contribution >= 0.6 is 0 Å². The lowest BCUT2D eigenvalue weighted by atomic mass is 9.89. The zero-order valence-corrected chi connectivity index (χ0v) is 5.75. The number of epoxide rings is 2. The lowest BCUT2D eigenvalue weighted by Crippen LogP contribution is -2.22. The van der Waals surface area contributed by atoms with Crippen LogP contribution < -0.4 is 0 Å². The molecule has 0 aromatic heterocycles. The van der Waals surface area contributed by atoms with E-state index in [4.69, 9.17) is 9.47 Å². The third kappa shape index (κ3) is 0.444. The number of ether oxygens (including phenoxy) is 2. The molecule has 0 bridgehead atoms. The number of hydrogen-bond donors (Lipinski definition) is 0. The molecule has 2 aliphatic heterocycles. The largest absolute Gasteiger partial charge is 0.367 e. The molecule has 4 unspecified atom stereocenters. The second-order valence-electron chi connectivity index (χ2n) is 3.38. The Hall–Kier alpha value is -0.340. The molecular weight excluding hydrogens is 128 g/mol. The smallest absolute Gasteiger partial charge is 0.120 e. The van der Waals surface area contributed by atoms with Crippen molar-refractivity contribution in [2.45, 2.75) is 36.8 Å². The van der Waals surface area contributed by atoms with E-state index in [2.05, 4.69) is 6.58 Å². The molecule has 1 aliphatic carbocycles. The van der Waals surface area contributed by atoms with Gasteiger partial charge in [-0.05, 0) is 12.8 Å². The van der Waals surface area contributed by atoms with E-state index >= 15 is 0 Å². The maximum Gasteiger partial charge on any atom is 0.120 e. The summed E-state index contributed by atoms with van der Waals surface area (Å²) in [7, 11) is 0. The maximum atomic E-state index is 5.53. The van der Waals surface area contributed by atoms with E-state index in [1.165, 1.54) is 0 Å². The third-order valence-corrected chi connectivity index (χ3v) is 2.86. The Morgan fingerprint density at radius 1 is 1.60 bits per heavy atom. The van der Waals surface area contributed by atoms with E-state index in [9.17, 15) is 0 Å². The SMILES string of the molecule is C=CC12CCC3OC3C1O2. The van der Waals surface area contributed by atoms with Crippen molar-refractivity contribution in [1.29, 1.82) is 0 Å². The molecule has 0 amide bonds. The Balaban J connectivity index is 1.89. The Morgan fingerprint density at radius 3 is 3.30 bits per heavy atom. The van der Waals surface area contributed by atoms with Crippen LogP contribution in [-0.4, -0.2) is 23.9 Å². The van der Waals surface area contributed by atoms with Gasteiger partial charge in [0, 0.05) is 0 Å². The van der Waals surface area contributed by atoms with Gasteiger partial charge in [-0.15, -0.1) is 6.58 Å². The molecule has 1 saturated carbocycles. The summed E-state index contributed by atoms with van der Waals surface area (Å²) < 4.78 is 10.9. The van der Waals surface area contributed by atoms with Crippen LogP contribution in [-0.2, 0) is 9.47 Å². The van der Waals surface area contributed by atoms with Crippen LogP contribution in [0.5, 0.6) is 0 Å². The number of hydrogen-bond acceptors (Lipinski definition) is 2. The van der Waals surface area contributed by atoms with Crippen LogP contribution in [0.1, 0.15) is 12.8 Å². The first kappa shape index (κ1) is 5.33. The second-order valence-corrected chi connectivity index (χ2v) is 3.38. The summed E-state index contributed by atoms with van der Waals surface area (Å²) in [6.45, 7) is 3.77. The first-order valence-corrected chi connectivity index (χ1v) is 3.83. The van der Waals surface area contributed by atoms with Crippen LogP contribution in [0.15, 0.2) is 12.7 Å². The molecule has 2 saturated heterocycles. The molecule has 4 atom stereocenters. The highest BCUT2D eigenvalue weighted by atomic mass is 16.7. The van der Waals surface area contributed by atoms with E-state index in [0.717, 1.165) is 12.8 Å². The second kappa shape index (κ2) is 1.31. The highest BCUT2D eigenvalue weighted by Gasteiger charge is 2.69. The van der Waals surface area contributed by atoms with Crippen molar-refractivity contribution in [2.75, 3.05) is 0 Å². The lowest BCUT2D eigenvalue weighted by Gasteiger charge is -2.07. The van der Waals surface area contributed by atoms with Crippen molar-refractivity contribution in [2.24, 2.45) is 0 Å². The molecule has 2 heteroatoms. The standard InChI is InChI=1S/C8H10O2/c1-2-8-4-3-5-6(9-5)7(8)10-8/h2,5-7H,1,3-4H2. The molecule has 2 nitrogen and oxygen atoms in total. The van der Waals surface area contributed by atoms with Crippen molar-refractivity contribution in [3.05, 3.63) is 12.7 Å². The predicted octanol–water partition coefficient (Wildman–Crippen LogP) is 0.871. The minimum absolute atomic E-state index is 0.0394. The van der Waals surface area contributed by atoms with E-state index in [1.807, 2.05) is 6.08 Å². The van der Waals surface area contributed by atoms with Crippen molar-refractivity contribution in [3.63, 3.8) is 0 Å².